The average molecular weight is 259 g/mol. The number of hydrogen-bond donors (Lipinski definition) is 3. The van der Waals surface area contributed by atoms with Crippen LogP contribution in [0.4, 0.5) is 5.82 Å². The molecule has 0 aliphatic carbocycles. The quantitative estimate of drug-likeness (QED) is 0.652. The predicted molar refractivity (Wildman–Crippen MR) is 65.6 cm³/mol. The van der Waals surface area contributed by atoms with E-state index in [9.17, 15) is 4.79 Å². The van der Waals surface area contributed by atoms with Gasteiger partial charge in [0.25, 0.3) is 0 Å². The molecule has 0 atom stereocenters. The molecule has 0 fully saturated rings. The van der Waals surface area contributed by atoms with Gasteiger partial charge in [0.1, 0.15) is 5.82 Å². The molecule has 1 aromatic heterocycles. The van der Waals surface area contributed by atoms with Crippen LogP contribution in [0.1, 0.15) is 29.6 Å². The number of pyridine rings is 1. The van der Waals surface area contributed by atoms with Crippen LogP contribution in [0.25, 0.3) is 0 Å². The van der Waals surface area contributed by atoms with Gasteiger partial charge in [0.15, 0.2) is 0 Å². The summed E-state index contributed by atoms with van der Waals surface area (Å²) in [5.74, 6) is -0.573. The lowest BCUT2D eigenvalue weighted by Gasteiger charge is -2.06. The van der Waals surface area contributed by atoms with Crippen molar-refractivity contribution in [1.82, 2.24) is 4.98 Å². The Morgan fingerprint density at radius 1 is 1.41 bits per heavy atom. The van der Waals surface area contributed by atoms with Gasteiger partial charge in [-0.3, -0.25) is 0 Å². The molecule has 1 aromatic rings. The zero-order chi connectivity index (χ0) is 12.7. The number of anilines is 1. The number of halogens is 1. The van der Waals surface area contributed by atoms with Crippen molar-refractivity contribution in [2.24, 2.45) is 0 Å². The summed E-state index contributed by atoms with van der Waals surface area (Å²) in [7, 11) is 0. The van der Waals surface area contributed by atoms with Crippen LogP contribution in [-0.4, -0.2) is 34.3 Å². The molecule has 17 heavy (non-hydrogen) atoms. The molecule has 94 valence electrons. The number of carboxylic acids is 1. The Bertz CT molecular complexity index is 385. The normalized spacial score (nSPS) is 10.2. The van der Waals surface area contributed by atoms with E-state index in [1.807, 2.05) is 0 Å². The summed E-state index contributed by atoms with van der Waals surface area (Å²) in [4.78, 5) is 14.8. The van der Waals surface area contributed by atoms with Crippen LogP contribution in [0.3, 0.4) is 0 Å². The third-order valence-corrected chi connectivity index (χ3v) is 2.53. The van der Waals surface area contributed by atoms with Crippen LogP contribution in [0, 0.1) is 0 Å². The number of nitrogens with one attached hydrogen (secondary N) is 1. The number of nitrogens with zero attached hydrogens (tertiary/aromatic N) is 1. The Morgan fingerprint density at radius 2 is 2.18 bits per heavy atom. The standard InChI is InChI=1S/C11H15ClN2O3/c12-9-7-14-10(6-8(9)11(16)17)13-4-2-1-3-5-15/h6-7,15H,1-5H2,(H,13,14)(H,16,17). The number of rotatable bonds is 7. The molecular formula is C11H15ClN2O3. The number of carboxylic acid groups (broad SMARTS) is 1. The second-order valence-electron chi connectivity index (χ2n) is 3.57. The zero-order valence-electron chi connectivity index (χ0n) is 9.32. The first kappa shape index (κ1) is 13.7. The molecule has 0 spiro atoms. The lowest BCUT2D eigenvalue weighted by Crippen LogP contribution is -2.06. The highest BCUT2D eigenvalue weighted by molar-refractivity contribution is 6.33. The number of hydrogen-bond acceptors (Lipinski definition) is 4. The van der Waals surface area contributed by atoms with E-state index in [4.69, 9.17) is 21.8 Å². The van der Waals surface area contributed by atoms with E-state index in [1.165, 1.54) is 12.3 Å². The maximum Gasteiger partial charge on any atom is 0.337 e. The lowest BCUT2D eigenvalue weighted by atomic mass is 10.2. The topological polar surface area (TPSA) is 82.5 Å². The predicted octanol–water partition coefficient (Wildman–Crippen LogP) is 2.01. The second-order valence-corrected chi connectivity index (χ2v) is 3.97. The van der Waals surface area contributed by atoms with Crippen molar-refractivity contribution in [3.63, 3.8) is 0 Å². The highest BCUT2D eigenvalue weighted by atomic mass is 35.5. The second kappa shape index (κ2) is 7.09. The monoisotopic (exact) mass is 258 g/mol. The molecule has 3 N–H and O–H groups in total. The van der Waals surface area contributed by atoms with Crippen LogP contribution < -0.4 is 5.32 Å². The van der Waals surface area contributed by atoms with Gasteiger partial charge in [-0.2, -0.15) is 0 Å². The molecule has 0 aliphatic heterocycles. The van der Waals surface area contributed by atoms with E-state index < -0.39 is 5.97 Å². The molecule has 0 saturated heterocycles. The maximum absolute atomic E-state index is 10.8. The maximum atomic E-state index is 10.8. The Kier molecular flexibility index (Phi) is 5.72. The first-order valence-electron chi connectivity index (χ1n) is 5.38. The van der Waals surface area contributed by atoms with Crippen molar-refractivity contribution in [2.75, 3.05) is 18.5 Å². The van der Waals surface area contributed by atoms with E-state index >= 15 is 0 Å². The molecule has 0 amide bonds. The fourth-order valence-electron chi connectivity index (χ4n) is 1.33. The van der Waals surface area contributed by atoms with Crippen LogP contribution in [0.2, 0.25) is 5.02 Å². The van der Waals surface area contributed by atoms with Crippen LogP contribution in [0.5, 0.6) is 0 Å². The third-order valence-electron chi connectivity index (χ3n) is 2.23. The SMILES string of the molecule is O=C(O)c1cc(NCCCCCO)ncc1Cl. The molecule has 0 aromatic carbocycles. The molecule has 0 aliphatic rings. The summed E-state index contributed by atoms with van der Waals surface area (Å²) in [6.07, 6.45) is 3.91. The number of aliphatic hydroxyl groups excluding tert-OH is 1. The molecular weight excluding hydrogens is 244 g/mol. The van der Waals surface area contributed by atoms with Gasteiger partial charge in [0.05, 0.1) is 10.6 Å². The molecule has 1 heterocycles. The van der Waals surface area contributed by atoms with Gasteiger partial charge in [-0.1, -0.05) is 11.6 Å². The first-order chi connectivity index (χ1) is 8.15. The van der Waals surface area contributed by atoms with Crippen molar-refractivity contribution < 1.29 is 15.0 Å². The average Bonchev–Trinajstić information content (AvgIpc) is 2.30. The minimum absolute atomic E-state index is 0.0412. The van der Waals surface area contributed by atoms with Crippen LogP contribution in [0.15, 0.2) is 12.3 Å². The van der Waals surface area contributed by atoms with Gasteiger partial charge in [-0.05, 0) is 25.3 Å². The summed E-state index contributed by atoms with van der Waals surface area (Å²) < 4.78 is 0. The van der Waals surface area contributed by atoms with Gasteiger partial charge in [-0.15, -0.1) is 0 Å². The number of carbonyl (C=O) groups is 1. The lowest BCUT2D eigenvalue weighted by molar-refractivity contribution is 0.0697. The molecule has 6 heteroatoms. The Balaban J connectivity index is 2.49. The number of aromatic carboxylic acids is 1. The van der Waals surface area contributed by atoms with E-state index in [0.717, 1.165) is 19.3 Å². The fraction of sp³-hybridized carbons (Fsp3) is 0.455. The molecule has 0 unspecified atom stereocenters. The van der Waals surface area contributed by atoms with Crippen molar-refractivity contribution in [3.05, 3.63) is 22.8 Å². The van der Waals surface area contributed by atoms with Crippen molar-refractivity contribution in [3.8, 4) is 0 Å². The van der Waals surface area contributed by atoms with Gasteiger partial charge in [0.2, 0.25) is 0 Å². The van der Waals surface area contributed by atoms with E-state index in [0.29, 0.717) is 12.4 Å². The minimum atomic E-state index is -1.07. The zero-order valence-corrected chi connectivity index (χ0v) is 10.1. The van der Waals surface area contributed by atoms with Crippen LogP contribution in [-0.2, 0) is 0 Å². The number of aromatic nitrogens is 1. The van der Waals surface area contributed by atoms with Gasteiger partial charge in [0, 0.05) is 19.3 Å². The highest BCUT2D eigenvalue weighted by Gasteiger charge is 2.09. The van der Waals surface area contributed by atoms with E-state index in [2.05, 4.69) is 10.3 Å². The van der Waals surface area contributed by atoms with Crippen LogP contribution >= 0.6 is 11.6 Å². The van der Waals surface area contributed by atoms with E-state index in [-0.39, 0.29) is 17.2 Å². The summed E-state index contributed by atoms with van der Waals surface area (Å²) in [6, 6.07) is 1.41. The summed E-state index contributed by atoms with van der Waals surface area (Å²) in [6.45, 7) is 0.885. The Hall–Kier alpha value is -1.33. The first-order valence-corrected chi connectivity index (χ1v) is 5.76. The Labute approximate surface area is 104 Å². The Morgan fingerprint density at radius 3 is 2.82 bits per heavy atom. The van der Waals surface area contributed by atoms with Gasteiger partial charge >= 0.3 is 5.97 Å². The van der Waals surface area contributed by atoms with Crippen molar-refractivity contribution >= 4 is 23.4 Å². The number of unbranched alkanes of at least 4 members (excludes halogenated alkanes) is 2. The number of aliphatic hydroxyl groups is 1. The van der Waals surface area contributed by atoms with Crippen molar-refractivity contribution in [2.45, 2.75) is 19.3 Å². The van der Waals surface area contributed by atoms with Crippen molar-refractivity contribution in [1.29, 1.82) is 0 Å². The van der Waals surface area contributed by atoms with Gasteiger partial charge in [-0.25, -0.2) is 9.78 Å². The summed E-state index contributed by atoms with van der Waals surface area (Å²) in [5.41, 5.74) is 0.0412. The molecule has 0 radical (unpaired) electrons. The minimum Gasteiger partial charge on any atom is -0.478 e. The van der Waals surface area contributed by atoms with Gasteiger partial charge < -0.3 is 15.5 Å². The fourth-order valence-corrected chi connectivity index (χ4v) is 1.51. The molecule has 1 rings (SSSR count). The summed E-state index contributed by atoms with van der Waals surface area (Å²) >= 11 is 5.69. The smallest absolute Gasteiger partial charge is 0.337 e. The highest BCUT2D eigenvalue weighted by Crippen LogP contribution is 2.17. The third kappa shape index (κ3) is 4.58. The van der Waals surface area contributed by atoms with E-state index in [1.54, 1.807) is 0 Å². The summed E-state index contributed by atoms with van der Waals surface area (Å²) in [5, 5.41) is 20.6. The molecule has 0 saturated carbocycles. The molecule has 0 bridgehead atoms. The molecule has 5 nitrogen and oxygen atoms in total. The largest absolute Gasteiger partial charge is 0.478 e.